The highest BCUT2D eigenvalue weighted by Gasteiger charge is 2.21. The van der Waals surface area contributed by atoms with Crippen LogP contribution in [0.15, 0.2) is 29.4 Å². The van der Waals surface area contributed by atoms with Crippen LogP contribution in [0.4, 0.5) is 11.5 Å². The van der Waals surface area contributed by atoms with Gasteiger partial charge in [0.05, 0.1) is 29.5 Å². The van der Waals surface area contributed by atoms with Crippen LogP contribution >= 0.6 is 11.3 Å². The number of anilines is 1. The third-order valence-corrected chi connectivity index (χ3v) is 8.54. The minimum atomic E-state index is -1.14. The predicted molar refractivity (Wildman–Crippen MR) is 136 cm³/mol. The van der Waals surface area contributed by atoms with Crippen molar-refractivity contribution in [3.8, 4) is 0 Å². The number of hydrogen-bond acceptors (Lipinski definition) is 8. The van der Waals surface area contributed by atoms with Crippen molar-refractivity contribution >= 4 is 41.9 Å². The summed E-state index contributed by atoms with van der Waals surface area (Å²) >= 11 is 1.65. The lowest BCUT2D eigenvalue weighted by Crippen LogP contribution is -2.24. The lowest BCUT2D eigenvalue weighted by molar-refractivity contribution is 0.0757. The Labute approximate surface area is 199 Å². The number of ether oxygens (including phenoxy) is 1. The maximum absolute atomic E-state index is 9.04. The van der Waals surface area contributed by atoms with E-state index < -0.39 is 8.07 Å². The van der Waals surface area contributed by atoms with E-state index in [1.165, 1.54) is 25.7 Å². The van der Waals surface area contributed by atoms with E-state index in [0.29, 0.717) is 25.0 Å². The maximum Gasteiger partial charge on any atom is 0.211 e. The second kappa shape index (κ2) is 10.9. The molecule has 8 nitrogen and oxygen atoms in total. The average molecular weight is 487 g/mol. The van der Waals surface area contributed by atoms with Crippen LogP contribution in [0.3, 0.4) is 0 Å². The fraction of sp³-hybridized carbons (Fsp3) is 0.565. The normalized spacial score (nSPS) is 15.6. The number of fused-ring (bicyclic) bond motifs is 1. The Morgan fingerprint density at radius 2 is 2.06 bits per heavy atom. The Morgan fingerprint density at radius 3 is 2.82 bits per heavy atom. The number of aliphatic hydroxyl groups excluding tert-OH is 1. The molecule has 10 heteroatoms. The lowest BCUT2D eigenvalue weighted by Gasteiger charge is -2.15. The average Bonchev–Trinajstić information content (AvgIpc) is 3.45. The summed E-state index contributed by atoms with van der Waals surface area (Å²) in [5.74, 6) is 1.15. The zero-order valence-electron chi connectivity index (χ0n) is 19.8. The summed E-state index contributed by atoms with van der Waals surface area (Å²) in [6.45, 7) is 8.77. The van der Waals surface area contributed by atoms with Crippen LogP contribution in [0.2, 0.25) is 25.7 Å². The molecule has 1 aliphatic rings. The Bertz CT molecular complexity index is 1130. The van der Waals surface area contributed by atoms with E-state index in [9.17, 15) is 0 Å². The maximum atomic E-state index is 9.04. The Morgan fingerprint density at radius 1 is 1.24 bits per heavy atom. The Hall–Kier alpha value is -2.14. The highest BCUT2D eigenvalue weighted by molar-refractivity contribution is 7.08. The first kappa shape index (κ1) is 24.0. The first-order valence-corrected chi connectivity index (χ1v) is 16.3. The number of pyridine rings is 2. The quantitative estimate of drug-likeness (QED) is 0.324. The van der Waals surface area contributed by atoms with Crippen LogP contribution in [0.5, 0.6) is 0 Å². The van der Waals surface area contributed by atoms with Crippen LogP contribution in [0, 0.1) is 0 Å². The van der Waals surface area contributed by atoms with Gasteiger partial charge in [-0.15, -0.1) is 0 Å². The van der Waals surface area contributed by atoms with Gasteiger partial charge < -0.3 is 15.2 Å². The van der Waals surface area contributed by atoms with Crippen molar-refractivity contribution in [3.05, 3.63) is 34.2 Å². The molecule has 0 radical (unpaired) electrons. The van der Waals surface area contributed by atoms with E-state index >= 15 is 0 Å². The second-order valence-electron chi connectivity index (χ2n) is 9.75. The first-order valence-electron chi connectivity index (χ1n) is 11.7. The first-order chi connectivity index (χ1) is 15.9. The third kappa shape index (κ3) is 6.69. The zero-order valence-corrected chi connectivity index (χ0v) is 21.6. The van der Waals surface area contributed by atoms with Gasteiger partial charge >= 0.3 is 0 Å². The summed E-state index contributed by atoms with van der Waals surface area (Å²) in [5.41, 5.74) is 2.40. The molecule has 33 heavy (non-hydrogen) atoms. The number of nitrogens with zero attached hydrogens (tertiary/aromatic N) is 5. The molecule has 0 aromatic carbocycles. The van der Waals surface area contributed by atoms with Crippen LogP contribution in [0.1, 0.15) is 36.6 Å². The molecule has 3 heterocycles. The van der Waals surface area contributed by atoms with Crippen molar-refractivity contribution in [1.82, 2.24) is 19.7 Å². The molecule has 0 unspecified atom stereocenters. The molecular formula is C23H34N6O2SSi. The van der Waals surface area contributed by atoms with Crippen LogP contribution in [-0.4, -0.2) is 52.7 Å². The molecular weight excluding hydrogens is 452 g/mol. The van der Waals surface area contributed by atoms with E-state index in [1.807, 2.05) is 22.9 Å². The van der Waals surface area contributed by atoms with Crippen LogP contribution in [0.25, 0.3) is 11.0 Å². The molecule has 0 spiro atoms. The molecule has 0 bridgehead atoms. The van der Waals surface area contributed by atoms with E-state index in [1.54, 1.807) is 17.5 Å². The van der Waals surface area contributed by atoms with Gasteiger partial charge in [0.1, 0.15) is 11.7 Å². The largest absolute Gasteiger partial charge is 0.395 e. The van der Waals surface area contributed by atoms with E-state index in [-0.39, 0.29) is 6.61 Å². The van der Waals surface area contributed by atoms with Gasteiger partial charge in [-0.25, -0.2) is 9.67 Å². The molecule has 178 valence electrons. The van der Waals surface area contributed by atoms with Gasteiger partial charge in [0.25, 0.3) is 0 Å². The SMILES string of the molecule is C[Si](C)(C)CCOCn1nc(C2CCCC2)sc1=Nc1ccc2ncc(NCCO)cc2n1. The molecule has 0 amide bonds. The molecule has 0 aliphatic heterocycles. The van der Waals surface area contributed by atoms with Crippen molar-refractivity contribution in [1.29, 1.82) is 0 Å². The van der Waals surface area contributed by atoms with Gasteiger partial charge in [0.15, 0.2) is 5.82 Å². The Balaban J connectivity index is 1.60. The number of hydrogen-bond donors (Lipinski definition) is 2. The summed E-state index contributed by atoms with van der Waals surface area (Å²) in [7, 11) is -1.14. The van der Waals surface area contributed by atoms with Gasteiger partial charge in [0.2, 0.25) is 4.80 Å². The summed E-state index contributed by atoms with van der Waals surface area (Å²) in [6.07, 6.45) is 6.70. The number of rotatable bonds is 10. The smallest absolute Gasteiger partial charge is 0.211 e. The number of aromatic nitrogens is 4. The fourth-order valence-corrected chi connectivity index (χ4v) is 5.64. The standard InChI is InChI=1S/C23H34N6O2SSi/c1-33(2,3)13-12-31-16-29-23(32-22(28-29)17-6-4-5-7-17)27-21-9-8-19-20(26-21)14-18(15-25-19)24-10-11-30/h8-9,14-15,17,24,30H,4-7,10-13,16H2,1-3H3. The van der Waals surface area contributed by atoms with Crippen molar-refractivity contribution in [3.63, 3.8) is 0 Å². The second-order valence-corrected chi connectivity index (χ2v) is 16.4. The third-order valence-electron chi connectivity index (χ3n) is 5.72. The molecule has 1 saturated carbocycles. The molecule has 4 rings (SSSR count). The van der Waals surface area contributed by atoms with Gasteiger partial charge in [0, 0.05) is 27.1 Å². The van der Waals surface area contributed by atoms with E-state index in [4.69, 9.17) is 24.9 Å². The Kier molecular flexibility index (Phi) is 7.89. The number of nitrogens with one attached hydrogen (secondary N) is 1. The highest BCUT2D eigenvalue weighted by Crippen LogP contribution is 2.34. The van der Waals surface area contributed by atoms with Gasteiger partial charge in [-0.3, -0.25) is 4.98 Å². The van der Waals surface area contributed by atoms with Crippen molar-refractivity contribution in [2.45, 2.75) is 64.0 Å². The van der Waals surface area contributed by atoms with Crippen molar-refractivity contribution < 1.29 is 9.84 Å². The zero-order chi connectivity index (χ0) is 23.3. The summed E-state index contributed by atoms with van der Waals surface area (Å²) in [6, 6.07) is 6.89. The summed E-state index contributed by atoms with van der Waals surface area (Å²) in [4.78, 5) is 14.8. The lowest BCUT2D eigenvalue weighted by atomic mass is 10.1. The summed E-state index contributed by atoms with van der Waals surface area (Å²) in [5, 5.41) is 18.2. The minimum absolute atomic E-state index is 0.0650. The predicted octanol–water partition coefficient (Wildman–Crippen LogP) is 4.49. The van der Waals surface area contributed by atoms with Crippen molar-refractivity contribution in [2.24, 2.45) is 4.99 Å². The van der Waals surface area contributed by atoms with Gasteiger partial charge in [-0.1, -0.05) is 43.8 Å². The molecule has 3 aromatic rings. The van der Waals surface area contributed by atoms with E-state index in [0.717, 1.165) is 39.2 Å². The molecule has 0 saturated heterocycles. The number of aliphatic hydroxyl groups is 1. The molecule has 3 aromatic heterocycles. The van der Waals surface area contributed by atoms with Crippen molar-refractivity contribution in [2.75, 3.05) is 25.1 Å². The van der Waals surface area contributed by atoms with Crippen LogP contribution < -0.4 is 10.1 Å². The fourth-order valence-electron chi connectivity index (χ4n) is 3.81. The molecule has 1 aliphatic carbocycles. The van der Waals surface area contributed by atoms with E-state index in [2.05, 4.69) is 29.9 Å². The monoisotopic (exact) mass is 486 g/mol. The molecule has 0 atom stereocenters. The minimum Gasteiger partial charge on any atom is -0.395 e. The highest BCUT2D eigenvalue weighted by atomic mass is 32.1. The van der Waals surface area contributed by atoms with Crippen LogP contribution in [-0.2, 0) is 11.5 Å². The molecule has 1 fully saturated rings. The topological polar surface area (TPSA) is 97.5 Å². The van der Waals surface area contributed by atoms with Gasteiger partial charge in [-0.05, 0) is 37.1 Å². The molecule has 2 N–H and O–H groups in total. The van der Waals surface area contributed by atoms with Gasteiger partial charge in [-0.2, -0.15) is 10.1 Å². The summed E-state index contributed by atoms with van der Waals surface area (Å²) < 4.78 is 7.89.